The molecular formula is C35H46N4O6. The molecule has 0 saturated carbocycles. The molecule has 0 radical (unpaired) electrons. The first-order chi connectivity index (χ1) is 21.3. The highest BCUT2D eigenvalue weighted by molar-refractivity contribution is 6.06. The first-order valence-electron chi connectivity index (χ1n) is 15.9. The van der Waals surface area contributed by atoms with Crippen LogP contribution in [0.1, 0.15) is 88.7 Å². The third-order valence-corrected chi connectivity index (χ3v) is 7.71. The Morgan fingerprint density at radius 3 is 2.36 bits per heavy atom. The van der Waals surface area contributed by atoms with Crippen molar-refractivity contribution in [2.45, 2.75) is 91.5 Å². The van der Waals surface area contributed by atoms with Crippen LogP contribution in [-0.4, -0.2) is 70.1 Å². The third-order valence-electron chi connectivity index (χ3n) is 7.71. The minimum absolute atomic E-state index is 0.239. The summed E-state index contributed by atoms with van der Waals surface area (Å²) in [6.07, 6.45) is 3.24. The molecule has 0 spiro atoms. The average Bonchev–Trinajstić information content (AvgIpc) is 3.49. The van der Waals surface area contributed by atoms with Gasteiger partial charge in [-0.25, -0.2) is 19.2 Å². The maximum Gasteiger partial charge on any atom is 0.419 e. The van der Waals surface area contributed by atoms with Gasteiger partial charge in [-0.2, -0.15) is 0 Å². The Morgan fingerprint density at radius 2 is 1.64 bits per heavy atom. The summed E-state index contributed by atoms with van der Waals surface area (Å²) in [5, 5.41) is 4.96. The summed E-state index contributed by atoms with van der Waals surface area (Å²) in [7, 11) is 0. The lowest BCUT2D eigenvalue weighted by atomic mass is 10.0. The predicted octanol–water partition coefficient (Wildman–Crippen LogP) is 6.88. The maximum absolute atomic E-state index is 13.7. The lowest BCUT2D eigenvalue weighted by Gasteiger charge is -2.26. The van der Waals surface area contributed by atoms with E-state index in [-0.39, 0.29) is 19.1 Å². The molecule has 0 unspecified atom stereocenters. The predicted molar refractivity (Wildman–Crippen MR) is 173 cm³/mol. The Balaban J connectivity index is 1.38. The number of nitrogens with zero attached hydrogens (tertiary/aromatic N) is 3. The van der Waals surface area contributed by atoms with E-state index < -0.39 is 23.4 Å². The van der Waals surface area contributed by atoms with Crippen molar-refractivity contribution in [2.75, 3.05) is 26.2 Å². The molecule has 2 aliphatic heterocycles. The number of likely N-dealkylation sites (tertiary alicyclic amines) is 1. The summed E-state index contributed by atoms with van der Waals surface area (Å²) < 4.78 is 12.7. The van der Waals surface area contributed by atoms with E-state index in [1.165, 1.54) is 29.9 Å². The molecule has 1 aromatic heterocycles. The number of aromatic nitrogens is 1. The number of nitrogens with one attached hydrogen (secondary N) is 1. The number of carbonyl (C=O) groups is 3. The fourth-order valence-corrected chi connectivity index (χ4v) is 5.85. The fraction of sp³-hybridized carbons (Fsp3) is 0.514. The van der Waals surface area contributed by atoms with Gasteiger partial charge in [0.1, 0.15) is 11.2 Å². The summed E-state index contributed by atoms with van der Waals surface area (Å²) in [6, 6.07) is 13.8. The van der Waals surface area contributed by atoms with Gasteiger partial charge < -0.3 is 14.8 Å². The standard InChI is InChI=1S/C35H46N4O6/c1-34(2,3)44-32(41)36-16-11-19-43-38-23-25-12-10-13-27(30(25)31(38)40)29-21-26-20-24(22-37-17-8-7-9-18-37)14-15-28(26)39(29)33(42)45-35(4,5)6/h10,12-15,20-21H,7-9,11,16-19,22-23H2,1-6H3,(H,36,41). The monoisotopic (exact) mass is 618 g/mol. The first-order valence-corrected chi connectivity index (χ1v) is 15.9. The number of alkyl carbamates (subject to hydrolysis) is 1. The van der Waals surface area contributed by atoms with Crippen molar-refractivity contribution in [2.24, 2.45) is 0 Å². The molecule has 1 fully saturated rings. The van der Waals surface area contributed by atoms with Gasteiger partial charge in [0.05, 0.1) is 29.9 Å². The number of rotatable bonds is 8. The van der Waals surface area contributed by atoms with Crippen molar-refractivity contribution >= 4 is 29.0 Å². The quantitative estimate of drug-likeness (QED) is 0.275. The summed E-state index contributed by atoms with van der Waals surface area (Å²) >= 11 is 0. The summed E-state index contributed by atoms with van der Waals surface area (Å²) in [5.41, 5.74) is 3.22. The van der Waals surface area contributed by atoms with Crippen molar-refractivity contribution in [3.8, 4) is 11.3 Å². The van der Waals surface area contributed by atoms with Gasteiger partial charge in [0.15, 0.2) is 0 Å². The SMILES string of the molecule is CC(C)(C)OC(=O)NCCCON1Cc2cccc(-c3cc4cc(CN5CCCCC5)ccc4n3C(=O)OC(C)(C)C)c2C1=O. The van der Waals surface area contributed by atoms with Crippen LogP contribution in [0.5, 0.6) is 0 Å². The number of hydroxylamine groups is 2. The normalized spacial score (nSPS) is 15.8. The van der Waals surface area contributed by atoms with Crippen LogP contribution in [0.4, 0.5) is 9.59 Å². The molecule has 242 valence electrons. The zero-order valence-corrected chi connectivity index (χ0v) is 27.4. The van der Waals surface area contributed by atoms with Crippen molar-refractivity contribution in [3.05, 3.63) is 59.2 Å². The number of benzene rings is 2. The van der Waals surface area contributed by atoms with Crippen LogP contribution in [0, 0.1) is 0 Å². The van der Waals surface area contributed by atoms with E-state index in [0.717, 1.165) is 36.1 Å². The van der Waals surface area contributed by atoms with E-state index in [0.29, 0.717) is 29.8 Å². The third kappa shape index (κ3) is 8.04. The number of hydrogen-bond acceptors (Lipinski definition) is 7. The number of carbonyl (C=O) groups excluding carboxylic acids is 3. The van der Waals surface area contributed by atoms with Crippen LogP contribution in [0.2, 0.25) is 0 Å². The van der Waals surface area contributed by atoms with E-state index in [2.05, 4.69) is 22.3 Å². The highest BCUT2D eigenvalue weighted by Crippen LogP contribution is 2.37. The Labute approximate surface area is 265 Å². The number of piperidine rings is 1. The van der Waals surface area contributed by atoms with E-state index in [1.54, 1.807) is 25.3 Å². The van der Waals surface area contributed by atoms with E-state index >= 15 is 0 Å². The minimum Gasteiger partial charge on any atom is -0.444 e. The molecule has 10 nitrogen and oxygen atoms in total. The summed E-state index contributed by atoms with van der Waals surface area (Å²) in [6.45, 7) is 14.9. The molecule has 2 amide bonds. The molecule has 3 heterocycles. The number of amides is 2. The van der Waals surface area contributed by atoms with Crippen molar-refractivity contribution < 1.29 is 28.7 Å². The Kier molecular flexibility index (Phi) is 9.55. The second kappa shape index (κ2) is 13.2. The number of hydrogen-bond donors (Lipinski definition) is 1. The van der Waals surface area contributed by atoms with Crippen LogP contribution in [0.15, 0.2) is 42.5 Å². The molecule has 10 heteroatoms. The maximum atomic E-state index is 13.7. The molecular weight excluding hydrogens is 572 g/mol. The molecule has 0 bridgehead atoms. The highest BCUT2D eigenvalue weighted by Gasteiger charge is 2.33. The molecule has 0 aliphatic carbocycles. The zero-order valence-electron chi connectivity index (χ0n) is 27.4. The minimum atomic E-state index is -0.698. The molecule has 3 aromatic rings. The molecule has 0 atom stereocenters. The second-order valence-corrected chi connectivity index (χ2v) is 13.9. The van der Waals surface area contributed by atoms with Crippen LogP contribution >= 0.6 is 0 Å². The van der Waals surface area contributed by atoms with Gasteiger partial charge in [-0.3, -0.25) is 14.5 Å². The molecule has 45 heavy (non-hydrogen) atoms. The van der Waals surface area contributed by atoms with Gasteiger partial charge in [0.25, 0.3) is 5.91 Å². The van der Waals surface area contributed by atoms with Gasteiger partial charge >= 0.3 is 12.2 Å². The molecule has 1 N–H and O–H groups in total. The second-order valence-electron chi connectivity index (χ2n) is 13.9. The highest BCUT2D eigenvalue weighted by atomic mass is 16.7. The molecule has 5 rings (SSSR count). The smallest absolute Gasteiger partial charge is 0.419 e. The van der Waals surface area contributed by atoms with Crippen LogP contribution < -0.4 is 5.32 Å². The average molecular weight is 619 g/mol. The topological polar surface area (TPSA) is 102 Å². The Hall–Kier alpha value is -3.89. The number of ether oxygens (including phenoxy) is 2. The van der Waals surface area contributed by atoms with Crippen molar-refractivity contribution in [1.82, 2.24) is 19.8 Å². The Bertz CT molecular complexity index is 1560. The summed E-state index contributed by atoms with van der Waals surface area (Å²) in [4.78, 5) is 47.6. The molecule has 2 aliphatic rings. The van der Waals surface area contributed by atoms with Crippen LogP contribution in [0.25, 0.3) is 22.2 Å². The molecule has 1 saturated heterocycles. The zero-order chi connectivity index (χ0) is 32.4. The largest absolute Gasteiger partial charge is 0.444 e. The van der Waals surface area contributed by atoms with Gasteiger partial charge in [-0.05, 0) is 103 Å². The van der Waals surface area contributed by atoms with Crippen LogP contribution in [-0.2, 0) is 27.4 Å². The Morgan fingerprint density at radius 1 is 0.911 bits per heavy atom. The summed E-state index contributed by atoms with van der Waals surface area (Å²) in [5.74, 6) is -0.271. The van der Waals surface area contributed by atoms with E-state index in [1.807, 2.05) is 51.1 Å². The van der Waals surface area contributed by atoms with Gasteiger partial charge in [-0.1, -0.05) is 30.7 Å². The van der Waals surface area contributed by atoms with E-state index in [9.17, 15) is 14.4 Å². The van der Waals surface area contributed by atoms with E-state index in [4.69, 9.17) is 14.3 Å². The van der Waals surface area contributed by atoms with Gasteiger partial charge in [-0.15, -0.1) is 0 Å². The fourth-order valence-electron chi connectivity index (χ4n) is 5.85. The number of fused-ring (bicyclic) bond motifs is 2. The van der Waals surface area contributed by atoms with Crippen molar-refractivity contribution in [1.29, 1.82) is 0 Å². The first kappa shape index (κ1) is 32.5. The van der Waals surface area contributed by atoms with Gasteiger partial charge in [0, 0.05) is 24.0 Å². The molecule has 2 aromatic carbocycles. The van der Waals surface area contributed by atoms with Crippen LogP contribution in [0.3, 0.4) is 0 Å². The lowest BCUT2D eigenvalue weighted by Crippen LogP contribution is -2.33. The lowest BCUT2D eigenvalue weighted by molar-refractivity contribution is -0.125. The van der Waals surface area contributed by atoms with Crippen molar-refractivity contribution in [3.63, 3.8) is 0 Å². The van der Waals surface area contributed by atoms with Gasteiger partial charge in [0.2, 0.25) is 0 Å².